The minimum atomic E-state index is -1.06. The number of amides is 1. The molecular weight excluding hydrogens is 343 g/mol. The van der Waals surface area contributed by atoms with Gasteiger partial charge in [-0.3, -0.25) is 14.9 Å². The molecule has 2 aromatic carbocycles. The first kappa shape index (κ1) is 18.8. The SMILES string of the molecule is C[C@@H](OC(=O)/C=C/c1ccc([N+](=O)[O-])cc1)C(=O)Nc1ccc(F)cc1. The number of rotatable bonds is 6. The van der Waals surface area contributed by atoms with Crippen LogP contribution < -0.4 is 5.32 Å². The van der Waals surface area contributed by atoms with Crippen molar-refractivity contribution in [3.05, 3.63) is 76.1 Å². The molecule has 2 aromatic rings. The smallest absolute Gasteiger partial charge is 0.331 e. The average Bonchev–Trinajstić information content (AvgIpc) is 2.62. The Labute approximate surface area is 148 Å². The lowest BCUT2D eigenvalue weighted by molar-refractivity contribution is -0.384. The fourth-order valence-corrected chi connectivity index (χ4v) is 1.92. The van der Waals surface area contributed by atoms with Crippen LogP contribution in [0.15, 0.2) is 54.6 Å². The number of anilines is 1. The van der Waals surface area contributed by atoms with E-state index in [1.54, 1.807) is 0 Å². The van der Waals surface area contributed by atoms with Crippen LogP contribution in [0.4, 0.5) is 15.8 Å². The molecule has 0 aliphatic rings. The van der Waals surface area contributed by atoms with Crippen molar-refractivity contribution in [2.75, 3.05) is 5.32 Å². The van der Waals surface area contributed by atoms with E-state index < -0.39 is 28.7 Å². The molecule has 0 aliphatic carbocycles. The van der Waals surface area contributed by atoms with Crippen LogP contribution in [0.25, 0.3) is 6.08 Å². The molecule has 0 saturated heterocycles. The van der Waals surface area contributed by atoms with E-state index in [4.69, 9.17) is 4.74 Å². The zero-order valence-corrected chi connectivity index (χ0v) is 13.7. The number of benzene rings is 2. The first-order chi connectivity index (χ1) is 12.3. The molecule has 0 heterocycles. The third kappa shape index (κ3) is 5.52. The van der Waals surface area contributed by atoms with Crippen LogP contribution in [0.1, 0.15) is 12.5 Å². The van der Waals surface area contributed by atoms with Crippen molar-refractivity contribution in [1.29, 1.82) is 0 Å². The average molecular weight is 358 g/mol. The predicted molar refractivity (Wildman–Crippen MR) is 92.7 cm³/mol. The summed E-state index contributed by atoms with van der Waals surface area (Å²) in [6, 6.07) is 10.7. The van der Waals surface area contributed by atoms with Gasteiger partial charge in [0.15, 0.2) is 6.10 Å². The van der Waals surface area contributed by atoms with E-state index in [0.29, 0.717) is 11.3 Å². The Morgan fingerprint density at radius 3 is 2.35 bits per heavy atom. The number of hydrogen-bond acceptors (Lipinski definition) is 5. The van der Waals surface area contributed by atoms with Crippen molar-refractivity contribution in [2.24, 2.45) is 0 Å². The van der Waals surface area contributed by atoms with Crippen molar-refractivity contribution in [3.8, 4) is 0 Å². The number of nitrogens with zero attached hydrogens (tertiary/aromatic N) is 1. The fraction of sp³-hybridized carbons (Fsp3) is 0.111. The van der Waals surface area contributed by atoms with Crippen molar-refractivity contribution >= 4 is 29.3 Å². The first-order valence-electron chi connectivity index (χ1n) is 7.55. The van der Waals surface area contributed by atoms with Crippen LogP contribution in [0.5, 0.6) is 0 Å². The first-order valence-corrected chi connectivity index (χ1v) is 7.55. The monoisotopic (exact) mass is 358 g/mol. The number of hydrogen-bond donors (Lipinski definition) is 1. The zero-order valence-electron chi connectivity index (χ0n) is 13.7. The van der Waals surface area contributed by atoms with E-state index in [1.807, 2.05) is 0 Å². The van der Waals surface area contributed by atoms with Gasteiger partial charge in [-0.15, -0.1) is 0 Å². The van der Waals surface area contributed by atoms with Crippen molar-refractivity contribution < 1.29 is 23.6 Å². The van der Waals surface area contributed by atoms with Gasteiger partial charge < -0.3 is 10.1 Å². The van der Waals surface area contributed by atoms with Gasteiger partial charge in [-0.05, 0) is 55.0 Å². The molecule has 0 bridgehead atoms. The summed E-state index contributed by atoms with van der Waals surface area (Å²) in [7, 11) is 0. The van der Waals surface area contributed by atoms with Gasteiger partial charge in [0.2, 0.25) is 0 Å². The molecule has 1 amide bonds. The predicted octanol–water partition coefficient (Wildman–Crippen LogP) is 3.32. The molecular formula is C18H15FN2O5. The molecule has 26 heavy (non-hydrogen) atoms. The molecule has 7 nitrogen and oxygen atoms in total. The molecule has 0 aliphatic heterocycles. The second kappa shape index (κ2) is 8.52. The summed E-state index contributed by atoms with van der Waals surface area (Å²) < 4.78 is 17.8. The van der Waals surface area contributed by atoms with E-state index in [0.717, 1.165) is 6.08 Å². The topological polar surface area (TPSA) is 98.5 Å². The van der Waals surface area contributed by atoms with Gasteiger partial charge in [0.05, 0.1) is 4.92 Å². The molecule has 134 valence electrons. The number of carbonyl (C=O) groups excluding carboxylic acids is 2. The summed E-state index contributed by atoms with van der Waals surface area (Å²) in [4.78, 5) is 33.7. The maximum atomic E-state index is 12.8. The highest BCUT2D eigenvalue weighted by Gasteiger charge is 2.16. The third-order valence-corrected chi connectivity index (χ3v) is 3.29. The molecule has 8 heteroatoms. The molecule has 0 spiro atoms. The maximum absolute atomic E-state index is 12.8. The van der Waals surface area contributed by atoms with Crippen LogP contribution in [0.2, 0.25) is 0 Å². The molecule has 0 radical (unpaired) electrons. The number of nitro groups is 1. The van der Waals surface area contributed by atoms with E-state index in [9.17, 15) is 24.1 Å². The number of carbonyl (C=O) groups is 2. The number of nitrogens with one attached hydrogen (secondary N) is 1. The summed E-state index contributed by atoms with van der Waals surface area (Å²) in [5.74, 6) is -1.74. The number of non-ortho nitro benzene ring substituents is 1. The van der Waals surface area contributed by atoms with Crippen molar-refractivity contribution in [3.63, 3.8) is 0 Å². The fourth-order valence-electron chi connectivity index (χ4n) is 1.92. The third-order valence-electron chi connectivity index (χ3n) is 3.29. The summed E-state index contributed by atoms with van der Waals surface area (Å²) >= 11 is 0. The Morgan fingerprint density at radius 1 is 1.15 bits per heavy atom. The summed E-state index contributed by atoms with van der Waals surface area (Å²) in [6.45, 7) is 1.40. The van der Waals surface area contributed by atoms with Gasteiger partial charge in [-0.1, -0.05) is 0 Å². The number of nitro benzene ring substituents is 1. The molecule has 0 unspecified atom stereocenters. The Morgan fingerprint density at radius 2 is 1.77 bits per heavy atom. The van der Waals surface area contributed by atoms with Gasteiger partial charge >= 0.3 is 5.97 Å². The summed E-state index contributed by atoms with van der Waals surface area (Å²) in [5.41, 5.74) is 0.882. The lowest BCUT2D eigenvalue weighted by Gasteiger charge is -2.12. The molecule has 1 atom stereocenters. The Kier molecular flexibility index (Phi) is 6.15. The number of esters is 1. The Balaban J connectivity index is 1.88. The van der Waals surface area contributed by atoms with Gasteiger partial charge in [0.1, 0.15) is 5.82 Å². The van der Waals surface area contributed by atoms with E-state index in [-0.39, 0.29) is 5.69 Å². The number of halogens is 1. The van der Waals surface area contributed by atoms with Crippen LogP contribution >= 0.6 is 0 Å². The van der Waals surface area contributed by atoms with E-state index >= 15 is 0 Å². The Hall–Kier alpha value is -3.55. The summed E-state index contributed by atoms with van der Waals surface area (Å²) in [6.07, 6.45) is 1.47. The van der Waals surface area contributed by atoms with Crippen LogP contribution in [-0.4, -0.2) is 22.9 Å². The highest BCUT2D eigenvalue weighted by Crippen LogP contribution is 2.13. The highest BCUT2D eigenvalue weighted by atomic mass is 19.1. The second-order valence-corrected chi connectivity index (χ2v) is 5.26. The Bertz CT molecular complexity index is 832. The largest absolute Gasteiger partial charge is 0.449 e. The minimum absolute atomic E-state index is 0.0594. The maximum Gasteiger partial charge on any atom is 0.331 e. The molecule has 0 aromatic heterocycles. The van der Waals surface area contributed by atoms with Crippen molar-refractivity contribution in [2.45, 2.75) is 13.0 Å². The molecule has 0 fully saturated rings. The molecule has 1 N–H and O–H groups in total. The number of ether oxygens (including phenoxy) is 1. The lowest BCUT2D eigenvalue weighted by atomic mass is 10.2. The normalized spacial score (nSPS) is 11.8. The van der Waals surface area contributed by atoms with Crippen molar-refractivity contribution in [1.82, 2.24) is 0 Å². The molecule has 0 saturated carbocycles. The second-order valence-electron chi connectivity index (χ2n) is 5.26. The van der Waals surface area contributed by atoms with Crippen LogP contribution in [0.3, 0.4) is 0 Å². The highest BCUT2D eigenvalue weighted by molar-refractivity contribution is 5.96. The van der Waals surface area contributed by atoms with Crippen LogP contribution in [0, 0.1) is 15.9 Å². The van der Waals surface area contributed by atoms with Gasteiger partial charge in [-0.2, -0.15) is 0 Å². The van der Waals surface area contributed by atoms with E-state index in [2.05, 4.69) is 5.32 Å². The van der Waals surface area contributed by atoms with Gasteiger partial charge in [0.25, 0.3) is 11.6 Å². The lowest BCUT2D eigenvalue weighted by Crippen LogP contribution is -2.29. The van der Waals surface area contributed by atoms with Gasteiger partial charge in [0, 0.05) is 23.9 Å². The quantitative estimate of drug-likeness (QED) is 0.370. The van der Waals surface area contributed by atoms with E-state index in [1.165, 1.54) is 61.5 Å². The van der Waals surface area contributed by atoms with Crippen LogP contribution in [-0.2, 0) is 14.3 Å². The van der Waals surface area contributed by atoms with Gasteiger partial charge in [-0.25, -0.2) is 9.18 Å². The minimum Gasteiger partial charge on any atom is -0.449 e. The molecule has 2 rings (SSSR count). The summed E-state index contributed by atoms with van der Waals surface area (Å²) in [5, 5.41) is 13.1. The zero-order chi connectivity index (χ0) is 19.1. The standard InChI is InChI=1S/C18H15FN2O5/c1-12(18(23)20-15-7-5-14(19)6-8-15)26-17(22)11-4-13-2-9-16(10-3-13)21(24)25/h2-12H,1H3,(H,20,23)/b11-4+/t12-/m1/s1.